The van der Waals surface area contributed by atoms with Crippen molar-refractivity contribution in [2.45, 2.75) is 19.4 Å². The summed E-state index contributed by atoms with van der Waals surface area (Å²) >= 11 is 1.77. The quantitative estimate of drug-likeness (QED) is 0.845. The topological polar surface area (TPSA) is 49.3 Å². The number of hydrogen-bond donors (Lipinski definition) is 0. The molecule has 23 heavy (non-hydrogen) atoms. The van der Waals surface area contributed by atoms with Gasteiger partial charge in [-0.3, -0.25) is 4.79 Å². The standard InChI is InChI=1S/C16H17FN4OS/c17-13-7-18-10-19-15(13)20-4-1-12(9-20)16(22)21-5-2-14-11(8-21)3-6-23-14/h3,6-7,10,12H,1-2,4-5,8-9H2. The van der Waals surface area contributed by atoms with Gasteiger partial charge in [0.15, 0.2) is 11.6 Å². The van der Waals surface area contributed by atoms with Gasteiger partial charge in [0.1, 0.15) is 6.33 Å². The molecule has 0 saturated carbocycles. The molecular formula is C16H17FN4OS. The van der Waals surface area contributed by atoms with Crippen LogP contribution >= 0.6 is 11.3 Å². The summed E-state index contributed by atoms with van der Waals surface area (Å²) in [7, 11) is 0. The van der Waals surface area contributed by atoms with Gasteiger partial charge in [-0.15, -0.1) is 11.3 Å². The predicted molar refractivity (Wildman–Crippen MR) is 85.8 cm³/mol. The van der Waals surface area contributed by atoms with Crippen molar-refractivity contribution < 1.29 is 9.18 Å². The molecule has 2 aliphatic heterocycles. The minimum atomic E-state index is -0.429. The molecule has 0 spiro atoms. The number of aromatic nitrogens is 2. The highest BCUT2D eigenvalue weighted by atomic mass is 32.1. The third-order valence-corrected chi connectivity index (χ3v) is 5.63. The lowest BCUT2D eigenvalue weighted by atomic mass is 10.0. The number of nitrogens with zero attached hydrogens (tertiary/aromatic N) is 4. The molecule has 2 aliphatic rings. The molecular weight excluding hydrogens is 315 g/mol. The van der Waals surface area contributed by atoms with Crippen LogP contribution < -0.4 is 4.90 Å². The third-order valence-electron chi connectivity index (χ3n) is 4.60. The van der Waals surface area contributed by atoms with Crippen LogP contribution in [-0.4, -0.2) is 40.4 Å². The largest absolute Gasteiger partial charge is 0.353 e. The summed E-state index contributed by atoms with van der Waals surface area (Å²) in [5.74, 6) is -0.0288. The van der Waals surface area contributed by atoms with E-state index >= 15 is 0 Å². The molecule has 2 aromatic heterocycles. The Bertz CT molecular complexity index is 734. The maximum Gasteiger partial charge on any atom is 0.227 e. The van der Waals surface area contributed by atoms with Crippen LogP contribution in [0.15, 0.2) is 24.0 Å². The smallest absolute Gasteiger partial charge is 0.227 e. The summed E-state index contributed by atoms with van der Waals surface area (Å²) < 4.78 is 13.8. The summed E-state index contributed by atoms with van der Waals surface area (Å²) in [4.78, 5) is 25.6. The van der Waals surface area contributed by atoms with Crippen molar-refractivity contribution >= 4 is 23.1 Å². The first kappa shape index (κ1) is 14.6. The van der Waals surface area contributed by atoms with Crippen molar-refractivity contribution in [2.75, 3.05) is 24.5 Å². The summed E-state index contributed by atoms with van der Waals surface area (Å²) in [6.45, 7) is 2.67. The average Bonchev–Trinajstić information content (AvgIpc) is 3.23. The SMILES string of the molecule is O=C(C1CCN(c2ncncc2F)C1)N1CCc2sccc2C1. The number of rotatable bonds is 2. The Morgan fingerprint density at radius 1 is 1.39 bits per heavy atom. The van der Waals surface area contributed by atoms with E-state index in [2.05, 4.69) is 21.4 Å². The van der Waals surface area contributed by atoms with Gasteiger partial charge in [0.2, 0.25) is 5.91 Å². The Balaban J connectivity index is 1.44. The molecule has 0 aromatic carbocycles. The first-order valence-corrected chi connectivity index (χ1v) is 8.65. The average molecular weight is 332 g/mol. The molecule has 1 amide bonds. The minimum Gasteiger partial charge on any atom is -0.353 e. The van der Waals surface area contributed by atoms with E-state index < -0.39 is 5.82 Å². The zero-order valence-corrected chi connectivity index (χ0v) is 13.4. The second kappa shape index (κ2) is 5.88. The fourth-order valence-corrected chi connectivity index (χ4v) is 4.28. The fourth-order valence-electron chi connectivity index (χ4n) is 3.39. The lowest BCUT2D eigenvalue weighted by molar-refractivity contribution is -0.135. The minimum absolute atomic E-state index is 0.0791. The molecule has 0 aliphatic carbocycles. The van der Waals surface area contributed by atoms with Crippen LogP contribution in [0.3, 0.4) is 0 Å². The summed E-state index contributed by atoms with van der Waals surface area (Å²) in [5, 5.41) is 2.09. The van der Waals surface area contributed by atoms with E-state index in [0.29, 0.717) is 25.5 Å². The Morgan fingerprint density at radius 2 is 2.30 bits per heavy atom. The molecule has 0 bridgehead atoms. The first-order valence-electron chi connectivity index (χ1n) is 7.77. The number of fused-ring (bicyclic) bond motifs is 1. The van der Waals surface area contributed by atoms with E-state index in [1.165, 1.54) is 23.0 Å². The van der Waals surface area contributed by atoms with E-state index in [4.69, 9.17) is 0 Å². The number of amides is 1. The van der Waals surface area contributed by atoms with Crippen LogP contribution in [0.4, 0.5) is 10.2 Å². The predicted octanol–water partition coefficient (Wildman–Crippen LogP) is 2.09. The van der Waals surface area contributed by atoms with Gasteiger partial charge < -0.3 is 9.80 Å². The second-order valence-corrected chi connectivity index (χ2v) is 7.01. The number of halogens is 1. The van der Waals surface area contributed by atoms with E-state index in [1.54, 1.807) is 11.3 Å². The van der Waals surface area contributed by atoms with E-state index in [1.807, 2.05) is 9.80 Å². The van der Waals surface area contributed by atoms with Gasteiger partial charge in [0.05, 0.1) is 12.1 Å². The lowest BCUT2D eigenvalue weighted by Gasteiger charge is -2.29. The normalized spacial score (nSPS) is 20.7. The molecule has 2 aromatic rings. The number of thiophene rings is 1. The molecule has 5 nitrogen and oxygen atoms in total. The van der Waals surface area contributed by atoms with E-state index in [-0.39, 0.29) is 11.8 Å². The Kier molecular flexibility index (Phi) is 3.72. The van der Waals surface area contributed by atoms with Crippen LogP contribution in [0.2, 0.25) is 0 Å². The molecule has 120 valence electrons. The number of carbonyl (C=O) groups is 1. The fraction of sp³-hybridized carbons (Fsp3) is 0.438. The van der Waals surface area contributed by atoms with Crippen LogP contribution in [0.1, 0.15) is 16.9 Å². The molecule has 0 N–H and O–H groups in total. The molecule has 0 radical (unpaired) electrons. The van der Waals surface area contributed by atoms with E-state index in [9.17, 15) is 9.18 Å². The van der Waals surface area contributed by atoms with Crippen molar-refractivity contribution in [1.82, 2.24) is 14.9 Å². The van der Waals surface area contributed by atoms with Gasteiger partial charge in [0, 0.05) is 31.1 Å². The number of anilines is 1. The van der Waals surface area contributed by atoms with Crippen molar-refractivity contribution in [2.24, 2.45) is 5.92 Å². The summed E-state index contributed by atoms with van der Waals surface area (Å²) in [5.41, 5.74) is 1.27. The molecule has 4 rings (SSSR count). The highest BCUT2D eigenvalue weighted by Gasteiger charge is 2.34. The summed E-state index contributed by atoms with van der Waals surface area (Å²) in [6.07, 6.45) is 4.20. The van der Waals surface area contributed by atoms with Gasteiger partial charge in [-0.05, 0) is 29.9 Å². The second-order valence-electron chi connectivity index (χ2n) is 6.00. The monoisotopic (exact) mass is 332 g/mol. The maximum atomic E-state index is 13.8. The van der Waals surface area contributed by atoms with Crippen LogP contribution in [-0.2, 0) is 17.8 Å². The van der Waals surface area contributed by atoms with Crippen molar-refractivity contribution in [3.05, 3.63) is 40.2 Å². The molecule has 7 heteroatoms. The summed E-state index contributed by atoms with van der Waals surface area (Å²) in [6, 6.07) is 2.11. The van der Waals surface area contributed by atoms with Gasteiger partial charge in [0.25, 0.3) is 0 Å². The van der Waals surface area contributed by atoms with Crippen LogP contribution in [0.5, 0.6) is 0 Å². The molecule has 1 atom stereocenters. The maximum absolute atomic E-state index is 13.8. The Hall–Kier alpha value is -2.02. The van der Waals surface area contributed by atoms with Gasteiger partial charge in [-0.1, -0.05) is 0 Å². The number of carbonyl (C=O) groups excluding carboxylic acids is 1. The van der Waals surface area contributed by atoms with Crippen LogP contribution in [0, 0.1) is 11.7 Å². The Labute approximate surface area is 137 Å². The zero-order chi connectivity index (χ0) is 15.8. The van der Waals surface area contributed by atoms with Gasteiger partial charge in [-0.2, -0.15) is 0 Å². The van der Waals surface area contributed by atoms with E-state index in [0.717, 1.165) is 19.4 Å². The molecule has 1 unspecified atom stereocenters. The molecule has 1 saturated heterocycles. The van der Waals surface area contributed by atoms with Crippen molar-refractivity contribution in [3.63, 3.8) is 0 Å². The Morgan fingerprint density at radius 3 is 3.17 bits per heavy atom. The molecule has 4 heterocycles. The highest BCUT2D eigenvalue weighted by molar-refractivity contribution is 7.10. The first-order chi connectivity index (χ1) is 11.2. The zero-order valence-electron chi connectivity index (χ0n) is 12.6. The van der Waals surface area contributed by atoms with Crippen LogP contribution in [0.25, 0.3) is 0 Å². The molecule has 1 fully saturated rings. The van der Waals surface area contributed by atoms with Gasteiger partial charge in [-0.25, -0.2) is 14.4 Å². The lowest BCUT2D eigenvalue weighted by Crippen LogP contribution is -2.40. The van der Waals surface area contributed by atoms with Crippen molar-refractivity contribution in [1.29, 1.82) is 0 Å². The highest BCUT2D eigenvalue weighted by Crippen LogP contribution is 2.28. The van der Waals surface area contributed by atoms with Crippen molar-refractivity contribution in [3.8, 4) is 0 Å². The number of hydrogen-bond acceptors (Lipinski definition) is 5. The van der Waals surface area contributed by atoms with Gasteiger partial charge >= 0.3 is 0 Å². The third kappa shape index (κ3) is 2.69.